The van der Waals surface area contributed by atoms with E-state index >= 15 is 0 Å². The van der Waals surface area contributed by atoms with Crippen molar-refractivity contribution in [2.24, 2.45) is 0 Å². The van der Waals surface area contributed by atoms with Crippen molar-refractivity contribution in [2.45, 2.75) is 46.2 Å². The Morgan fingerprint density at radius 1 is 1.03 bits per heavy atom. The second-order valence-corrected chi connectivity index (χ2v) is 11.1. The molecule has 0 atom stereocenters. The van der Waals surface area contributed by atoms with Gasteiger partial charge in [0.1, 0.15) is 5.82 Å². The van der Waals surface area contributed by atoms with Crippen LogP contribution in [0.25, 0.3) is 5.65 Å². The Morgan fingerprint density at radius 3 is 2.53 bits per heavy atom. The molecule has 0 spiro atoms. The monoisotopic (exact) mass is 527 g/mol. The summed E-state index contributed by atoms with van der Waals surface area (Å²) in [4.78, 5) is 7.15. The zero-order valence-corrected chi connectivity index (χ0v) is 22.6. The lowest BCUT2D eigenvalue weighted by atomic mass is 10.1. The lowest BCUT2D eigenvalue weighted by molar-refractivity contribution is 0.0343. The smallest absolute Gasteiger partial charge is 0.158 e. The number of aryl methyl sites for hydroxylation is 1. The highest BCUT2D eigenvalue weighted by Gasteiger charge is 2.21. The van der Waals surface area contributed by atoms with Crippen LogP contribution in [0.5, 0.6) is 0 Å². The summed E-state index contributed by atoms with van der Waals surface area (Å²) in [5.74, 6) is 1.63. The van der Waals surface area contributed by atoms with Gasteiger partial charge in [-0.25, -0.2) is 14.2 Å². The number of hydrogen-bond acceptors (Lipinski definition) is 6. The molecule has 4 heterocycles. The number of halogens is 2. The minimum atomic E-state index is -0.178. The number of nitrogens with one attached hydrogen (secondary N) is 1. The summed E-state index contributed by atoms with van der Waals surface area (Å²) in [6.07, 6.45) is 2.47. The van der Waals surface area contributed by atoms with Gasteiger partial charge in [-0.1, -0.05) is 29.3 Å². The molecular formula is C26H31Cl2N7O. The summed E-state index contributed by atoms with van der Waals surface area (Å²) in [5, 5.41) is 14.4. The average Bonchev–Trinajstić information content (AvgIpc) is 3.39. The minimum Gasteiger partial charge on any atom is -0.379 e. The van der Waals surface area contributed by atoms with E-state index in [0.29, 0.717) is 16.5 Å². The third kappa shape index (κ3) is 5.37. The van der Waals surface area contributed by atoms with Crippen molar-refractivity contribution in [2.75, 3.05) is 31.6 Å². The van der Waals surface area contributed by atoms with E-state index in [1.807, 2.05) is 40.5 Å². The average molecular weight is 528 g/mol. The lowest BCUT2D eigenvalue weighted by Gasteiger charge is -2.27. The van der Waals surface area contributed by atoms with Crippen LogP contribution in [0.1, 0.15) is 43.3 Å². The molecule has 8 nitrogen and oxygen atoms in total. The molecule has 1 N–H and O–H groups in total. The van der Waals surface area contributed by atoms with Crippen LogP contribution in [0.4, 0.5) is 11.6 Å². The van der Waals surface area contributed by atoms with Crippen molar-refractivity contribution in [1.29, 1.82) is 0 Å². The number of fused-ring (bicyclic) bond motifs is 1. The van der Waals surface area contributed by atoms with Gasteiger partial charge >= 0.3 is 0 Å². The van der Waals surface area contributed by atoms with E-state index in [-0.39, 0.29) is 5.54 Å². The van der Waals surface area contributed by atoms with Crippen molar-refractivity contribution < 1.29 is 4.74 Å². The molecule has 190 valence electrons. The summed E-state index contributed by atoms with van der Waals surface area (Å²) < 4.78 is 9.47. The van der Waals surface area contributed by atoms with Crippen LogP contribution in [0.2, 0.25) is 10.0 Å². The number of aromatic nitrogens is 5. The van der Waals surface area contributed by atoms with Crippen molar-refractivity contribution >= 4 is 40.5 Å². The number of benzene rings is 1. The van der Waals surface area contributed by atoms with E-state index < -0.39 is 0 Å². The summed E-state index contributed by atoms with van der Waals surface area (Å²) in [7, 11) is 0. The molecule has 1 fully saturated rings. The molecule has 36 heavy (non-hydrogen) atoms. The second kappa shape index (κ2) is 10.0. The fourth-order valence-corrected chi connectivity index (χ4v) is 4.94. The van der Waals surface area contributed by atoms with Gasteiger partial charge in [-0.3, -0.25) is 4.90 Å². The maximum Gasteiger partial charge on any atom is 0.158 e. The maximum atomic E-state index is 6.48. The molecule has 0 bridgehead atoms. The molecule has 0 saturated carbocycles. The lowest BCUT2D eigenvalue weighted by Crippen LogP contribution is -2.35. The molecule has 1 aliphatic heterocycles. The molecule has 5 rings (SSSR count). The van der Waals surface area contributed by atoms with Gasteiger partial charge in [-0.2, -0.15) is 5.10 Å². The van der Waals surface area contributed by atoms with Crippen molar-refractivity contribution in [3.8, 4) is 0 Å². The van der Waals surface area contributed by atoms with E-state index in [9.17, 15) is 0 Å². The number of ether oxygens (including phenoxy) is 1. The first kappa shape index (κ1) is 25.0. The maximum absolute atomic E-state index is 6.48. The van der Waals surface area contributed by atoms with Crippen LogP contribution in [0.15, 0.2) is 36.5 Å². The summed E-state index contributed by atoms with van der Waals surface area (Å²) in [6, 6.07) is 9.70. The molecule has 1 saturated heterocycles. The van der Waals surface area contributed by atoms with E-state index in [1.54, 1.807) is 6.07 Å². The summed E-state index contributed by atoms with van der Waals surface area (Å²) >= 11 is 12.6. The Bertz CT molecular complexity index is 1380. The molecule has 3 aromatic heterocycles. The van der Waals surface area contributed by atoms with E-state index in [0.717, 1.165) is 72.6 Å². The number of morpholine rings is 1. The zero-order chi connectivity index (χ0) is 25.4. The van der Waals surface area contributed by atoms with Crippen molar-refractivity contribution in [3.05, 3.63) is 69.1 Å². The largest absolute Gasteiger partial charge is 0.379 e. The van der Waals surface area contributed by atoms with E-state index in [4.69, 9.17) is 43.1 Å². The third-order valence-electron chi connectivity index (χ3n) is 6.22. The Morgan fingerprint density at radius 2 is 1.81 bits per heavy atom. The number of rotatable bonds is 6. The molecule has 1 aliphatic rings. The van der Waals surface area contributed by atoms with Crippen molar-refractivity contribution in [3.63, 3.8) is 0 Å². The molecular weight excluding hydrogens is 497 g/mol. The molecule has 0 amide bonds. The highest BCUT2D eigenvalue weighted by atomic mass is 35.5. The van der Waals surface area contributed by atoms with Crippen LogP contribution in [0.3, 0.4) is 0 Å². The van der Waals surface area contributed by atoms with Gasteiger partial charge in [0.15, 0.2) is 11.5 Å². The van der Waals surface area contributed by atoms with Crippen LogP contribution in [0, 0.1) is 6.92 Å². The van der Waals surface area contributed by atoms with Gasteiger partial charge in [-0.15, -0.1) is 5.10 Å². The highest BCUT2D eigenvalue weighted by molar-refractivity contribution is 6.35. The number of nitrogens with zero attached hydrogens (tertiary/aromatic N) is 6. The Labute approximate surface area is 221 Å². The quantitative estimate of drug-likeness (QED) is 0.358. The number of imidazole rings is 1. The second-order valence-electron chi connectivity index (χ2n) is 10.2. The van der Waals surface area contributed by atoms with Crippen molar-refractivity contribution in [1.82, 2.24) is 29.3 Å². The molecule has 0 unspecified atom stereocenters. The molecule has 4 aromatic rings. The predicted molar refractivity (Wildman–Crippen MR) is 144 cm³/mol. The third-order valence-corrected chi connectivity index (χ3v) is 6.81. The van der Waals surface area contributed by atoms with Gasteiger partial charge in [0.25, 0.3) is 0 Å². The van der Waals surface area contributed by atoms with Gasteiger partial charge in [-0.05, 0) is 51.5 Å². The molecule has 10 heteroatoms. The first-order valence-corrected chi connectivity index (χ1v) is 12.9. The highest BCUT2D eigenvalue weighted by Crippen LogP contribution is 2.27. The van der Waals surface area contributed by atoms with E-state index in [1.165, 1.54) is 0 Å². The first-order valence-electron chi connectivity index (χ1n) is 12.1. The van der Waals surface area contributed by atoms with Crippen LogP contribution in [-0.4, -0.2) is 55.6 Å². The van der Waals surface area contributed by atoms with Crippen LogP contribution < -0.4 is 5.32 Å². The Balaban J connectivity index is 1.56. The van der Waals surface area contributed by atoms with Gasteiger partial charge < -0.3 is 10.1 Å². The van der Waals surface area contributed by atoms with E-state index in [2.05, 4.69) is 37.1 Å². The van der Waals surface area contributed by atoms with Gasteiger partial charge in [0.2, 0.25) is 0 Å². The summed E-state index contributed by atoms with van der Waals surface area (Å²) in [6.45, 7) is 12.4. The van der Waals surface area contributed by atoms with Crippen LogP contribution >= 0.6 is 23.2 Å². The molecule has 1 aromatic carbocycles. The van der Waals surface area contributed by atoms with Gasteiger partial charge in [0, 0.05) is 47.7 Å². The fourth-order valence-electron chi connectivity index (χ4n) is 4.47. The Kier molecular flexibility index (Phi) is 6.96. The molecule has 0 radical (unpaired) electrons. The number of anilines is 2. The minimum absolute atomic E-state index is 0.178. The first-order chi connectivity index (χ1) is 17.2. The summed E-state index contributed by atoms with van der Waals surface area (Å²) in [5.41, 5.74) is 4.63. The predicted octanol–water partition coefficient (Wildman–Crippen LogP) is 5.46. The zero-order valence-electron chi connectivity index (χ0n) is 21.1. The topological polar surface area (TPSA) is 72.5 Å². The van der Waals surface area contributed by atoms with Crippen LogP contribution in [-0.2, 0) is 23.2 Å². The van der Waals surface area contributed by atoms with Gasteiger partial charge in [0.05, 0.1) is 36.3 Å². The number of hydrogen-bond donors (Lipinski definition) is 1. The standard InChI is InChI=1S/C26H31Cl2N7O/c1-17-11-24(35(31-17)26(2,3)4)30-23-13-19(16-33-7-9-36-10-8-33)25-29-15-21(34(25)32-23)12-18-5-6-20(27)14-22(18)28/h5-6,11,13-15H,7-10,12,16H2,1-4H3,(H,30,32). The molecule has 0 aliphatic carbocycles. The SMILES string of the molecule is Cc1cc(Nc2cc(CN3CCOCC3)c3ncc(Cc4ccc(Cl)cc4Cl)n3n2)n(C(C)(C)C)n1. The Hall–Kier alpha value is -2.65. The fraction of sp³-hybridized carbons (Fsp3) is 0.423. The normalized spacial score (nSPS) is 15.1.